The predicted molar refractivity (Wildman–Crippen MR) is 80.4 cm³/mol. The van der Waals surface area contributed by atoms with Gasteiger partial charge in [-0.1, -0.05) is 41.9 Å². The predicted octanol–water partition coefficient (Wildman–Crippen LogP) is 3.82. The number of hydrogen-bond acceptors (Lipinski definition) is 2. The lowest BCUT2D eigenvalue weighted by Crippen LogP contribution is -2.01. The normalized spacial score (nSPS) is 10.7. The van der Waals surface area contributed by atoms with Crippen LogP contribution in [-0.2, 0) is 6.42 Å². The van der Waals surface area contributed by atoms with E-state index in [0.29, 0.717) is 0 Å². The fraction of sp³-hybridized carbons (Fsp3) is 0.125. The minimum absolute atomic E-state index is 0.741. The fourth-order valence-corrected chi connectivity index (χ4v) is 2.47. The number of nitrogens with zero attached hydrogens (tertiary/aromatic N) is 3. The molecule has 3 nitrogen and oxygen atoms in total. The van der Waals surface area contributed by atoms with Crippen molar-refractivity contribution >= 4 is 11.6 Å². The van der Waals surface area contributed by atoms with Crippen molar-refractivity contribution in [1.29, 1.82) is 0 Å². The van der Waals surface area contributed by atoms with Crippen LogP contribution < -0.4 is 0 Å². The second kappa shape index (κ2) is 5.47. The van der Waals surface area contributed by atoms with Gasteiger partial charge in [-0.25, -0.2) is 0 Å². The van der Waals surface area contributed by atoms with Crippen LogP contribution in [0.4, 0.5) is 0 Å². The quantitative estimate of drug-likeness (QED) is 0.731. The zero-order chi connectivity index (χ0) is 13.9. The van der Waals surface area contributed by atoms with Gasteiger partial charge >= 0.3 is 0 Å². The van der Waals surface area contributed by atoms with Gasteiger partial charge in [0.05, 0.1) is 5.69 Å². The first-order valence-corrected chi connectivity index (χ1v) is 6.81. The number of aromatic nitrogens is 3. The molecule has 0 radical (unpaired) electrons. The van der Waals surface area contributed by atoms with Crippen molar-refractivity contribution < 1.29 is 0 Å². The van der Waals surface area contributed by atoms with E-state index in [1.807, 2.05) is 47.9 Å². The molecule has 100 valence electrons. The molecule has 1 heterocycles. The van der Waals surface area contributed by atoms with E-state index in [2.05, 4.69) is 22.3 Å². The van der Waals surface area contributed by atoms with Gasteiger partial charge in [-0.2, -0.15) is 0 Å². The molecule has 4 heteroatoms. The van der Waals surface area contributed by atoms with Crippen LogP contribution in [0.3, 0.4) is 0 Å². The number of benzene rings is 2. The monoisotopic (exact) mass is 283 g/mol. The van der Waals surface area contributed by atoms with Crippen molar-refractivity contribution in [1.82, 2.24) is 14.8 Å². The molecule has 3 rings (SSSR count). The maximum Gasteiger partial charge on any atom is 0.134 e. The highest BCUT2D eigenvalue weighted by atomic mass is 35.5. The average Bonchev–Trinajstić information content (AvgIpc) is 2.86. The Labute approximate surface area is 122 Å². The van der Waals surface area contributed by atoms with Crippen LogP contribution in [0.5, 0.6) is 0 Å². The maximum atomic E-state index is 6.14. The van der Waals surface area contributed by atoms with E-state index >= 15 is 0 Å². The molecule has 0 amide bonds. The summed E-state index contributed by atoms with van der Waals surface area (Å²) in [5, 5.41) is 8.73. The molecule has 0 aliphatic rings. The SMILES string of the molecule is Cc1nncn1-c1ccc(Cl)cc1Cc1ccccc1. The first kappa shape index (κ1) is 12.9. The Morgan fingerprint density at radius 1 is 1.10 bits per heavy atom. The van der Waals surface area contributed by atoms with Crippen molar-refractivity contribution in [3.05, 3.63) is 76.8 Å². The van der Waals surface area contributed by atoms with Gasteiger partial charge in [-0.05, 0) is 42.7 Å². The Morgan fingerprint density at radius 3 is 2.60 bits per heavy atom. The summed E-state index contributed by atoms with van der Waals surface area (Å²) in [5.41, 5.74) is 3.48. The van der Waals surface area contributed by atoms with E-state index in [9.17, 15) is 0 Å². The number of hydrogen-bond donors (Lipinski definition) is 0. The van der Waals surface area contributed by atoms with E-state index in [-0.39, 0.29) is 0 Å². The van der Waals surface area contributed by atoms with Crippen LogP contribution in [0.1, 0.15) is 17.0 Å². The average molecular weight is 284 g/mol. The van der Waals surface area contributed by atoms with Crippen LogP contribution in [0, 0.1) is 6.92 Å². The zero-order valence-corrected chi connectivity index (χ0v) is 11.9. The molecule has 20 heavy (non-hydrogen) atoms. The highest BCUT2D eigenvalue weighted by Gasteiger charge is 2.09. The highest BCUT2D eigenvalue weighted by Crippen LogP contribution is 2.23. The third-order valence-electron chi connectivity index (χ3n) is 3.26. The van der Waals surface area contributed by atoms with Crippen molar-refractivity contribution in [2.45, 2.75) is 13.3 Å². The third kappa shape index (κ3) is 2.58. The van der Waals surface area contributed by atoms with Gasteiger partial charge in [0.25, 0.3) is 0 Å². The van der Waals surface area contributed by atoms with E-state index in [1.165, 1.54) is 5.56 Å². The lowest BCUT2D eigenvalue weighted by atomic mass is 10.0. The van der Waals surface area contributed by atoms with Gasteiger partial charge in [0, 0.05) is 5.02 Å². The van der Waals surface area contributed by atoms with Crippen LogP contribution in [0.15, 0.2) is 54.9 Å². The van der Waals surface area contributed by atoms with Crippen molar-refractivity contribution in [3.63, 3.8) is 0 Å². The van der Waals surface area contributed by atoms with E-state index < -0.39 is 0 Å². The third-order valence-corrected chi connectivity index (χ3v) is 3.49. The molecule has 0 aliphatic heterocycles. The Morgan fingerprint density at radius 2 is 1.90 bits per heavy atom. The molecule has 0 saturated carbocycles. The van der Waals surface area contributed by atoms with Crippen molar-refractivity contribution in [3.8, 4) is 5.69 Å². The van der Waals surface area contributed by atoms with Crippen LogP contribution in [-0.4, -0.2) is 14.8 Å². The topological polar surface area (TPSA) is 30.7 Å². The Kier molecular flexibility index (Phi) is 3.52. The maximum absolute atomic E-state index is 6.14. The molecule has 0 atom stereocenters. The van der Waals surface area contributed by atoms with Gasteiger partial charge < -0.3 is 0 Å². The van der Waals surface area contributed by atoms with Gasteiger partial charge in [0.2, 0.25) is 0 Å². The summed E-state index contributed by atoms with van der Waals surface area (Å²) in [4.78, 5) is 0. The number of halogens is 1. The standard InChI is InChI=1S/C16H14ClN3/c1-12-19-18-11-20(12)16-8-7-15(17)10-14(16)9-13-5-3-2-4-6-13/h2-8,10-11H,9H2,1H3. The molecule has 0 fully saturated rings. The molecule has 0 N–H and O–H groups in total. The molecule has 2 aromatic carbocycles. The summed E-state index contributed by atoms with van der Waals surface area (Å²) in [5.74, 6) is 0.863. The summed E-state index contributed by atoms with van der Waals surface area (Å²) < 4.78 is 1.98. The number of rotatable bonds is 3. The molecule has 0 spiro atoms. The van der Waals surface area contributed by atoms with Crippen LogP contribution in [0.2, 0.25) is 5.02 Å². The van der Waals surface area contributed by atoms with E-state index in [4.69, 9.17) is 11.6 Å². The second-order valence-corrected chi connectivity index (χ2v) is 5.12. The summed E-state index contributed by atoms with van der Waals surface area (Å²) in [6, 6.07) is 16.2. The highest BCUT2D eigenvalue weighted by molar-refractivity contribution is 6.30. The van der Waals surface area contributed by atoms with E-state index in [1.54, 1.807) is 6.33 Å². The van der Waals surface area contributed by atoms with Crippen LogP contribution in [0.25, 0.3) is 5.69 Å². The molecule has 0 unspecified atom stereocenters. The first-order valence-electron chi connectivity index (χ1n) is 6.43. The van der Waals surface area contributed by atoms with E-state index in [0.717, 1.165) is 28.5 Å². The Balaban J connectivity index is 2.05. The molecule has 0 bridgehead atoms. The lowest BCUT2D eigenvalue weighted by Gasteiger charge is -2.12. The minimum Gasteiger partial charge on any atom is -0.286 e. The lowest BCUT2D eigenvalue weighted by molar-refractivity contribution is 0.950. The first-order chi connectivity index (χ1) is 9.74. The summed E-state index contributed by atoms with van der Waals surface area (Å²) >= 11 is 6.14. The Bertz CT molecular complexity index is 720. The largest absolute Gasteiger partial charge is 0.286 e. The molecular formula is C16H14ClN3. The summed E-state index contributed by atoms with van der Waals surface area (Å²) in [6.07, 6.45) is 2.56. The summed E-state index contributed by atoms with van der Waals surface area (Å²) in [6.45, 7) is 1.94. The molecule has 0 saturated heterocycles. The fourth-order valence-electron chi connectivity index (χ4n) is 2.28. The minimum atomic E-state index is 0.741. The summed E-state index contributed by atoms with van der Waals surface area (Å²) in [7, 11) is 0. The number of aryl methyl sites for hydroxylation is 1. The molecule has 3 aromatic rings. The van der Waals surface area contributed by atoms with Gasteiger partial charge in [0.1, 0.15) is 12.2 Å². The van der Waals surface area contributed by atoms with Gasteiger partial charge in [-0.3, -0.25) is 4.57 Å². The van der Waals surface area contributed by atoms with Gasteiger partial charge in [0.15, 0.2) is 0 Å². The van der Waals surface area contributed by atoms with Crippen molar-refractivity contribution in [2.24, 2.45) is 0 Å². The molecular weight excluding hydrogens is 270 g/mol. The molecule has 1 aromatic heterocycles. The van der Waals surface area contributed by atoms with Crippen molar-refractivity contribution in [2.75, 3.05) is 0 Å². The second-order valence-electron chi connectivity index (χ2n) is 4.68. The molecule has 0 aliphatic carbocycles. The zero-order valence-electron chi connectivity index (χ0n) is 11.1. The Hall–Kier alpha value is -2.13. The van der Waals surface area contributed by atoms with Gasteiger partial charge in [-0.15, -0.1) is 10.2 Å². The van der Waals surface area contributed by atoms with Crippen LogP contribution >= 0.6 is 11.6 Å². The smallest absolute Gasteiger partial charge is 0.134 e.